The molecule has 0 fully saturated rings. The van der Waals surface area contributed by atoms with Gasteiger partial charge in [-0.3, -0.25) is 4.79 Å². The lowest BCUT2D eigenvalue weighted by atomic mass is 9.85. The predicted octanol–water partition coefficient (Wildman–Crippen LogP) is 1.77. The van der Waals surface area contributed by atoms with Crippen molar-refractivity contribution in [3.63, 3.8) is 0 Å². The largest absolute Gasteiger partial charge is 0.507 e. The van der Waals surface area contributed by atoms with Crippen LogP contribution in [-0.4, -0.2) is 24.1 Å². The van der Waals surface area contributed by atoms with Gasteiger partial charge in [-0.15, -0.1) is 0 Å². The molecular weight excluding hydrogens is 228 g/mol. The number of nitrogens with one attached hydrogen (secondary N) is 1. The lowest BCUT2D eigenvalue weighted by Gasteiger charge is -2.21. The van der Waals surface area contributed by atoms with Gasteiger partial charge in [0.1, 0.15) is 5.75 Å². The first kappa shape index (κ1) is 14.5. The molecule has 0 aliphatic rings. The highest BCUT2D eigenvalue weighted by molar-refractivity contribution is 5.97. The molecule has 0 heterocycles. The smallest absolute Gasteiger partial charge is 0.255 e. The number of phenols is 1. The van der Waals surface area contributed by atoms with E-state index in [1.54, 1.807) is 12.1 Å². The molecule has 18 heavy (non-hydrogen) atoms. The van der Waals surface area contributed by atoms with Crippen LogP contribution in [0.4, 0.5) is 0 Å². The van der Waals surface area contributed by atoms with Crippen LogP contribution in [0.5, 0.6) is 5.75 Å². The third-order valence-electron chi connectivity index (χ3n) is 2.76. The minimum absolute atomic E-state index is 0.0650. The second-order valence-corrected chi connectivity index (χ2v) is 5.35. The molecule has 4 N–H and O–H groups in total. The predicted molar refractivity (Wildman–Crippen MR) is 72.8 cm³/mol. The minimum Gasteiger partial charge on any atom is -0.507 e. The SMILES string of the molecule is CC(C)(C)c1cccc(C(=O)NCCCN)c1O. The van der Waals surface area contributed by atoms with E-state index >= 15 is 0 Å². The second-order valence-electron chi connectivity index (χ2n) is 5.35. The Morgan fingerprint density at radius 2 is 2.06 bits per heavy atom. The number of hydrogen-bond donors (Lipinski definition) is 3. The van der Waals surface area contributed by atoms with Crippen LogP contribution in [0, 0.1) is 0 Å². The molecule has 0 radical (unpaired) electrons. The van der Waals surface area contributed by atoms with Crippen LogP contribution in [0.2, 0.25) is 0 Å². The molecule has 0 bridgehead atoms. The van der Waals surface area contributed by atoms with E-state index < -0.39 is 0 Å². The Balaban J connectivity index is 2.93. The first-order valence-corrected chi connectivity index (χ1v) is 6.18. The van der Waals surface area contributed by atoms with Crippen LogP contribution in [-0.2, 0) is 5.41 Å². The van der Waals surface area contributed by atoms with Crippen molar-refractivity contribution >= 4 is 5.91 Å². The number of nitrogens with two attached hydrogens (primary N) is 1. The average Bonchev–Trinajstić information content (AvgIpc) is 2.28. The van der Waals surface area contributed by atoms with Crippen LogP contribution in [0.25, 0.3) is 0 Å². The summed E-state index contributed by atoms with van der Waals surface area (Å²) in [5.41, 5.74) is 6.26. The van der Waals surface area contributed by atoms with Gasteiger partial charge in [0.25, 0.3) is 5.91 Å². The number of hydrogen-bond acceptors (Lipinski definition) is 3. The minimum atomic E-state index is -0.257. The second kappa shape index (κ2) is 5.87. The Hall–Kier alpha value is -1.55. The van der Waals surface area contributed by atoms with Crippen molar-refractivity contribution in [3.8, 4) is 5.75 Å². The number of aromatic hydroxyl groups is 1. The average molecular weight is 250 g/mol. The van der Waals surface area contributed by atoms with E-state index in [1.165, 1.54) is 0 Å². The van der Waals surface area contributed by atoms with Crippen LogP contribution in [0.1, 0.15) is 43.1 Å². The quantitative estimate of drug-likeness (QED) is 0.713. The summed E-state index contributed by atoms with van der Waals surface area (Å²) in [7, 11) is 0. The fourth-order valence-electron chi connectivity index (χ4n) is 1.73. The van der Waals surface area contributed by atoms with Crippen molar-refractivity contribution in [2.24, 2.45) is 5.73 Å². The normalized spacial score (nSPS) is 11.3. The molecule has 0 atom stereocenters. The Morgan fingerprint density at radius 3 is 2.61 bits per heavy atom. The Kier molecular flexibility index (Phi) is 4.73. The number of phenolic OH excluding ortho intramolecular Hbond substituents is 1. The monoisotopic (exact) mass is 250 g/mol. The standard InChI is InChI=1S/C14H22N2O2/c1-14(2,3)11-7-4-6-10(12(11)17)13(18)16-9-5-8-15/h4,6-7,17H,5,8-9,15H2,1-3H3,(H,16,18). The summed E-state index contributed by atoms with van der Waals surface area (Å²) < 4.78 is 0. The summed E-state index contributed by atoms with van der Waals surface area (Å²) in [5.74, 6) is -0.192. The van der Waals surface area contributed by atoms with E-state index in [9.17, 15) is 9.90 Å². The van der Waals surface area contributed by atoms with Gasteiger partial charge >= 0.3 is 0 Å². The van der Waals surface area contributed by atoms with Gasteiger partial charge in [-0.05, 0) is 24.4 Å². The molecule has 0 aliphatic heterocycles. The highest BCUT2D eigenvalue weighted by Crippen LogP contribution is 2.32. The molecule has 0 saturated heterocycles. The van der Waals surface area contributed by atoms with Gasteiger partial charge in [-0.2, -0.15) is 0 Å². The highest BCUT2D eigenvalue weighted by Gasteiger charge is 2.21. The molecule has 0 unspecified atom stereocenters. The summed E-state index contributed by atoms with van der Waals surface area (Å²) in [6.45, 7) is 7.05. The fourth-order valence-corrected chi connectivity index (χ4v) is 1.73. The van der Waals surface area contributed by atoms with Crippen molar-refractivity contribution in [2.45, 2.75) is 32.6 Å². The first-order chi connectivity index (χ1) is 8.38. The van der Waals surface area contributed by atoms with Crippen molar-refractivity contribution in [1.29, 1.82) is 0 Å². The number of para-hydroxylation sites is 1. The topological polar surface area (TPSA) is 75.4 Å². The van der Waals surface area contributed by atoms with Crippen molar-refractivity contribution in [3.05, 3.63) is 29.3 Å². The van der Waals surface area contributed by atoms with Crippen LogP contribution < -0.4 is 11.1 Å². The van der Waals surface area contributed by atoms with Gasteiger partial charge in [0.05, 0.1) is 5.56 Å². The molecule has 0 aliphatic carbocycles. The molecule has 1 rings (SSSR count). The molecule has 0 saturated carbocycles. The van der Waals surface area contributed by atoms with Crippen LogP contribution in [0.3, 0.4) is 0 Å². The Bertz CT molecular complexity index is 422. The van der Waals surface area contributed by atoms with Gasteiger partial charge in [0.15, 0.2) is 0 Å². The van der Waals surface area contributed by atoms with Crippen LogP contribution in [0.15, 0.2) is 18.2 Å². The maximum Gasteiger partial charge on any atom is 0.255 e. The van der Waals surface area contributed by atoms with Gasteiger partial charge in [0, 0.05) is 12.1 Å². The van der Waals surface area contributed by atoms with Gasteiger partial charge < -0.3 is 16.2 Å². The molecule has 1 amide bonds. The van der Waals surface area contributed by atoms with E-state index in [2.05, 4.69) is 5.32 Å². The fraction of sp³-hybridized carbons (Fsp3) is 0.500. The molecule has 1 aromatic rings. The van der Waals surface area contributed by atoms with Crippen molar-refractivity contribution in [1.82, 2.24) is 5.32 Å². The number of carbonyl (C=O) groups is 1. The van der Waals surface area contributed by atoms with Crippen molar-refractivity contribution < 1.29 is 9.90 Å². The molecule has 4 nitrogen and oxygen atoms in total. The molecule has 4 heteroatoms. The van der Waals surface area contributed by atoms with E-state index in [1.807, 2.05) is 26.8 Å². The third-order valence-corrected chi connectivity index (χ3v) is 2.76. The summed E-state index contributed by atoms with van der Waals surface area (Å²) in [5, 5.41) is 12.9. The molecule has 100 valence electrons. The zero-order valence-corrected chi connectivity index (χ0v) is 11.3. The number of carbonyl (C=O) groups excluding carboxylic acids is 1. The molecular formula is C14H22N2O2. The third kappa shape index (κ3) is 3.47. The zero-order valence-electron chi connectivity index (χ0n) is 11.3. The lowest BCUT2D eigenvalue weighted by Crippen LogP contribution is -2.26. The zero-order chi connectivity index (χ0) is 13.8. The molecule has 1 aromatic carbocycles. The van der Waals surface area contributed by atoms with Crippen molar-refractivity contribution in [2.75, 3.05) is 13.1 Å². The van der Waals surface area contributed by atoms with Crippen LogP contribution >= 0.6 is 0 Å². The highest BCUT2D eigenvalue weighted by atomic mass is 16.3. The summed E-state index contributed by atoms with van der Waals surface area (Å²) in [6, 6.07) is 5.26. The van der Waals surface area contributed by atoms with E-state index in [0.29, 0.717) is 18.7 Å². The molecule has 0 spiro atoms. The van der Waals surface area contributed by atoms with E-state index in [4.69, 9.17) is 5.73 Å². The Morgan fingerprint density at radius 1 is 1.39 bits per heavy atom. The summed E-state index contributed by atoms with van der Waals surface area (Å²) in [6.07, 6.45) is 0.728. The number of amides is 1. The lowest BCUT2D eigenvalue weighted by molar-refractivity contribution is 0.0950. The number of rotatable bonds is 4. The molecule has 0 aromatic heterocycles. The summed E-state index contributed by atoms with van der Waals surface area (Å²) in [4.78, 5) is 11.9. The number of benzene rings is 1. The maximum atomic E-state index is 11.9. The van der Waals surface area contributed by atoms with Gasteiger partial charge in [0.2, 0.25) is 0 Å². The van der Waals surface area contributed by atoms with E-state index in [-0.39, 0.29) is 17.1 Å². The maximum absolute atomic E-state index is 11.9. The van der Waals surface area contributed by atoms with E-state index in [0.717, 1.165) is 12.0 Å². The van der Waals surface area contributed by atoms with Gasteiger partial charge in [-0.25, -0.2) is 0 Å². The Labute approximate surface area is 108 Å². The first-order valence-electron chi connectivity index (χ1n) is 6.18. The van der Waals surface area contributed by atoms with Gasteiger partial charge in [-0.1, -0.05) is 32.9 Å². The summed E-state index contributed by atoms with van der Waals surface area (Å²) >= 11 is 0.